The normalized spacial score (nSPS) is 12.1. The van der Waals surface area contributed by atoms with Crippen LogP contribution in [0.4, 0.5) is 5.69 Å². The molecule has 0 unspecified atom stereocenters. The Morgan fingerprint density at radius 3 is 2.46 bits per heavy atom. The summed E-state index contributed by atoms with van der Waals surface area (Å²) in [5, 5.41) is 16.8. The van der Waals surface area contributed by atoms with Gasteiger partial charge in [-0.05, 0) is 68.1 Å². The largest absolute Gasteiger partial charge is 0.506 e. The van der Waals surface area contributed by atoms with E-state index in [0.717, 1.165) is 11.3 Å². The highest BCUT2D eigenvalue weighted by molar-refractivity contribution is 9.11. The first-order chi connectivity index (χ1) is 11.5. The molecule has 0 aliphatic carbocycles. The number of hydrogen-bond donors (Lipinski definition) is 3. The van der Waals surface area contributed by atoms with E-state index in [-0.39, 0.29) is 17.7 Å². The van der Waals surface area contributed by atoms with Crippen LogP contribution < -0.4 is 10.7 Å². The summed E-state index contributed by atoms with van der Waals surface area (Å²) in [6.45, 7) is 1.93. The first-order valence-corrected chi connectivity index (χ1v) is 8.92. The molecule has 0 fully saturated rings. The van der Waals surface area contributed by atoms with E-state index >= 15 is 0 Å². The maximum Gasteiger partial charge on any atom is 0.262 e. The third-order valence-electron chi connectivity index (χ3n) is 3.27. The number of nitrogens with zero attached hydrogens (tertiary/aromatic N) is 1. The maximum absolute atomic E-state index is 12.2. The number of nitrogens with one attached hydrogen (secondary N) is 2. The predicted octanol–water partition coefficient (Wildman–Crippen LogP) is 4.26. The highest BCUT2D eigenvalue weighted by Gasteiger charge is 2.15. The van der Waals surface area contributed by atoms with Gasteiger partial charge in [-0.3, -0.25) is 4.79 Å². The third-order valence-corrected chi connectivity index (χ3v) is 4.48. The lowest BCUT2D eigenvalue weighted by molar-refractivity contribution is -0.121. The molecule has 0 aromatic heterocycles. The molecule has 2 rings (SSSR count). The van der Waals surface area contributed by atoms with Gasteiger partial charge in [0.2, 0.25) is 0 Å². The number of carbonyl (C=O) groups excluding carboxylic acids is 1. The van der Waals surface area contributed by atoms with Crippen LogP contribution in [0.3, 0.4) is 0 Å². The summed E-state index contributed by atoms with van der Waals surface area (Å²) in [7, 11) is 0. The van der Waals surface area contributed by atoms with Gasteiger partial charge in [-0.2, -0.15) is 5.10 Å². The van der Waals surface area contributed by atoms with Crippen molar-refractivity contribution in [2.45, 2.75) is 19.4 Å². The summed E-state index contributed by atoms with van der Waals surface area (Å²) in [6, 6.07) is 12.6. The van der Waals surface area contributed by atoms with Crippen LogP contribution >= 0.6 is 31.9 Å². The number of aromatic hydroxyl groups is 1. The fourth-order valence-electron chi connectivity index (χ4n) is 2.00. The third kappa shape index (κ3) is 5.07. The Labute approximate surface area is 157 Å². The fraction of sp³-hybridized carbons (Fsp3) is 0.176. The SMILES string of the molecule is CC[C@@H](Nc1ccccc1)C(=O)N/N=C\c1cc(Br)c(O)c(Br)c1. The lowest BCUT2D eigenvalue weighted by atomic mass is 10.2. The van der Waals surface area contributed by atoms with Crippen LogP contribution in [-0.2, 0) is 4.79 Å². The molecule has 2 aromatic rings. The summed E-state index contributed by atoms with van der Waals surface area (Å²) in [5.41, 5.74) is 4.15. The minimum Gasteiger partial charge on any atom is -0.506 e. The van der Waals surface area contributed by atoms with Crippen molar-refractivity contribution in [1.29, 1.82) is 0 Å². The molecular weight excluding hydrogens is 438 g/mol. The Morgan fingerprint density at radius 2 is 1.88 bits per heavy atom. The van der Waals surface area contributed by atoms with Gasteiger partial charge in [0.25, 0.3) is 5.91 Å². The Bertz CT molecular complexity index is 713. The molecule has 0 spiro atoms. The molecule has 1 atom stereocenters. The molecule has 0 bridgehead atoms. The van der Waals surface area contributed by atoms with E-state index in [4.69, 9.17) is 0 Å². The molecule has 0 saturated carbocycles. The highest BCUT2D eigenvalue weighted by Crippen LogP contribution is 2.32. The number of halogens is 2. The Hall–Kier alpha value is -1.86. The second kappa shape index (κ2) is 8.84. The number of phenolic OH excluding ortho intramolecular Hbond substituents is 1. The van der Waals surface area contributed by atoms with Crippen LogP contribution in [0.15, 0.2) is 56.5 Å². The molecule has 0 aliphatic rings. The molecule has 7 heteroatoms. The molecule has 126 valence electrons. The number of rotatable bonds is 6. The van der Waals surface area contributed by atoms with E-state index in [1.54, 1.807) is 12.1 Å². The zero-order valence-corrected chi connectivity index (χ0v) is 16.1. The Kier molecular flexibility index (Phi) is 6.81. The van der Waals surface area contributed by atoms with Crippen molar-refractivity contribution in [2.75, 3.05) is 5.32 Å². The van der Waals surface area contributed by atoms with Crippen molar-refractivity contribution < 1.29 is 9.90 Å². The molecular formula is C17H17Br2N3O2. The van der Waals surface area contributed by atoms with Gasteiger partial charge in [0.1, 0.15) is 11.8 Å². The van der Waals surface area contributed by atoms with Crippen molar-refractivity contribution in [3.63, 3.8) is 0 Å². The van der Waals surface area contributed by atoms with Gasteiger partial charge < -0.3 is 10.4 Å². The molecule has 0 aliphatic heterocycles. The lowest BCUT2D eigenvalue weighted by Crippen LogP contribution is -2.36. The van der Waals surface area contributed by atoms with Gasteiger partial charge in [-0.1, -0.05) is 25.1 Å². The molecule has 0 saturated heterocycles. The van der Waals surface area contributed by atoms with Crippen LogP contribution in [0.25, 0.3) is 0 Å². The van der Waals surface area contributed by atoms with Gasteiger partial charge in [-0.25, -0.2) is 5.43 Å². The number of hydrogen-bond acceptors (Lipinski definition) is 4. The first-order valence-electron chi connectivity index (χ1n) is 7.33. The van der Waals surface area contributed by atoms with Crippen molar-refractivity contribution >= 4 is 49.7 Å². The zero-order valence-electron chi connectivity index (χ0n) is 13.0. The van der Waals surface area contributed by atoms with Crippen LogP contribution in [0.1, 0.15) is 18.9 Å². The Morgan fingerprint density at radius 1 is 1.25 bits per heavy atom. The van der Waals surface area contributed by atoms with Gasteiger partial charge in [0.05, 0.1) is 15.2 Å². The van der Waals surface area contributed by atoms with E-state index in [0.29, 0.717) is 15.4 Å². The molecule has 24 heavy (non-hydrogen) atoms. The van der Waals surface area contributed by atoms with Crippen molar-refractivity contribution in [3.8, 4) is 5.75 Å². The fourth-order valence-corrected chi connectivity index (χ4v) is 3.22. The molecule has 3 N–H and O–H groups in total. The average Bonchev–Trinajstić information content (AvgIpc) is 2.58. The van der Waals surface area contributed by atoms with Crippen molar-refractivity contribution in [2.24, 2.45) is 5.10 Å². The van der Waals surface area contributed by atoms with Gasteiger partial charge in [0, 0.05) is 5.69 Å². The first kappa shape index (κ1) is 18.5. The number of carbonyl (C=O) groups is 1. The topological polar surface area (TPSA) is 73.7 Å². The summed E-state index contributed by atoms with van der Waals surface area (Å²) in [5.74, 6) is -0.0937. The maximum atomic E-state index is 12.2. The Balaban J connectivity index is 1.98. The van der Waals surface area contributed by atoms with Crippen LogP contribution in [0.5, 0.6) is 5.75 Å². The van der Waals surface area contributed by atoms with Crippen molar-refractivity contribution in [3.05, 3.63) is 57.0 Å². The van der Waals surface area contributed by atoms with E-state index in [9.17, 15) is 9.90 Å². The number of para-hydroxylation sites is 1. The van der Waals surface area contributed by atoms with E-state index in [1.807, 2.05) is 37.3 Å². The quantitative estimate of drug-likeness (QED) is 0.451. The highest BCUT2D eigenvalue weighted by atomic mass is 79.9. The monoisotopic (exact) mass is 453 g/mol. The zero-order chi connectivity index (χ0) is 17.5. The van der Waals surface area contributed by atoms with Gasteiger partial charge in [-0.15, -0.1) is 0 Å². The minimum absolute atomic E-state index is 0.120. The number of anilines is 1. The smallest absolute Gasteiger partial charge is 0.262 e. The average molecular weight is 455 g/mol. The van der Waals surface area contributed by atoms with Gasteiger partial charge >= 0.3 is 0 Å². The predicted molar refractivity (Wildman–Crippen MR) is 103 cm³/mol. The van der Waals surface area contributed by atoms with E-state index in [1.165, 1.54) is 6.21 Å². The molecule has 1 amide bonds. The van der Waals surface area contributed by atoms with E-state index in [2.05, 4.69) is 47.7 Å². The summed E-state index contributed by atoms with van der Waals surface area (Å²) >= 11 is 6.50. The molecule has 5 nitrogen and oxygen atoms in total. The van der Waals surface area contributed by atoms with Crippen LogP contribution in [0.2, 0.25) is 0 Å². The summed E-state index contributed by atoms with van der Waals surface area (Å²) in [4.78, 5) is 12.2. The standard InChI is InChI=1S/C17H17Br2N3O2/c1-2-15(21-12-6-4-3-5-7-12)17(24)22-20-10-11-8-13(18)16(23)14(19)9-11/h3-10,15,21,23H,2H2,1H3,(H,22,24)/b20-10-/t15-/m1/s1. The van der Waals surface area contributed by atoms with Crippen LogP contribution in [0, 0.1) is 0 Å². The van der Waals surface area contributed by atoms with Crippen LogP contribution in [-0.4, -0.2) is 23.3 Å². The number of amides is 1. The van der Waals surface area contributed by atoms with Gasteiger partial charge in [0.15, 0.2) is 0 Å². The molecule has 2 aromatic carbocycles. The second-order valence-electron chi connectivity index (χ2n) is 5.04. The minimum atomic E-state index is -0.372. The second-order valence-corrected chi connectivity index (χ2v) is 6.75. The number of benzene rings is 2. The number of hydrazone groups is 1. The summed E-state index contributed by atoms with van der Waals surface area (Å²) in [6.07, 6.45) is 2.15. The lowest BCUT2D eigenvalue weighted by Gasteiger charge is -2.16. The van der Waals surface area contributed by atoms with E-state index < -0.39 is 0 Å². The molecule has 0 heterocycles. The summed E-state index contributed by atoms with van der Waals surface area (Å²) < 4.78 is 1.09. The number of phenols is 1. The molecule has 0 radical (unpaired) electrons. The van der Waals surface area contributed by atoms with Crippen molar-refractivity contribution in [1.82, 2.24) is 5.43 Å².